The molecule has 3 nitrogen and oxygen atoms in total. The number of carbonyl (C=O) groups is 1. The van der Waals surface area contributed by atoms with Gasteiger partial charge < -0.3 is 9.84 Å². The first-order valence-corrected chi connectivity index (χ1v) is 6.59. The van der Waals surface area contributed by atoms with Crippen molar-refractivity contribution in [2.75, 3.05) is 0 Å². The van der Waals surface area contributed by atoms with Gasteiger partial charge in [-0.25, -0.2) is 4.79 Å². The summed E-state index contributed by atoms with van der Waals surface area (Å²) in [7, 11) is 0. The Hall–Kier alpha value is -1.23. The Kier molecular flexibility index (Phi) is 4.11. The number of rotatable bonds is 4. The summed E-state index contributed by atoms with van der Waals surface area (Å²) >= 11 is 13.1. The molecule has 0 aliphatic carbocycles. The molecule has 0 amide bonds. The van der Waals surface area contributed by atoms with Gasteiger partial charge in [-0.2, -0.15) is 0 Å². The van der Waals surface area contributed by atoms with E-state index in [1.807, 2.05) is 0 Å². The molecule has 0 bridgehead atoms. The molecule has 0 atom stereocenters. The summed E-state index contributed by atoms with van der Waals surface area (Å²) in [6.45, 7) is 0.120. The van der Waals surface area contributed by atoms with Crippen molar-refractivity contribution in [3.05, 3.63) is 50.1 Å². The van der Waals surface area contributed by atoms with Crippen LogP contribution in [0.1, 0.15) is 15.2 Å². The minimum Gasteiger partial charge on any atom is -0.486 e. The molecular formula is C12H8Cl2O3S. The highest BCUT2D eigenvalue weighted by atomic mass is 35.5. The Morgan fingerprint density at radius 1 is 1.28 bits per heavy atom. The van der Waals surface area contributed by atoms with Crippen molar-refractivity contribution in [2.45, 2.75) is 6.61 Å². The van der Waals surface area contributed by atoms with E-state index in [2.05, 4.69) is 0 Å². The monoisotopic (exact) mass is 302 g/mol. The van der Waals surface area contributed by atoms with Gasteiger partial charge in [0.2, 0.25) is 0 Å². The fourth-order valence-corrected chi connectivity index (χ4v) is 2.66. The summed E-state index contributed by atoms with van der Waals surface area (Å²) in [6.07, 6.45) is 0. The van der Waals surface area contributed by atoms with Gasteiger partial charge in [0.25, 0.3) is 0 Å². The van der Waals surface area contributed by atoms with E-state index in [4.69, 9.17) is 33.0 Å². The molecule has 0 aliphatic rings. The standard InChI is InChI=1S/C12H8Cl2O3S/c13-8-2-1-3-9(14)10(8)17-6-7-4-5-18-11(7)12(15)16/h1-5H,6H2,(H,15,16). The van der Waals surface area contributed by atoms with Crippen molar-refractivity contribution in [1.82, 2.24) is 0 Å². The van der Waals surface area contributed by atoms with Crippen LogP contribution in [0.15, 0.2) is 29.6 Å². The molecule has 0 fully saturated rings. The van der Waals surface area contributed by atoms with Crippen molar-refractivity contribution in [1.29, 1.82) is 0 Å². The van der Waals surface area contributed by atoms with E-state index in [-0.39, 0.29) is 11.5 Å². The highest BCUT2D eigenvalue weighted by Gasteiger charge is 2.13. The molecular weight excluding hydrogens is 295 g/mol. The topological polar surface area (TPSA) is 46.5 Å². The lowest BCUT2D eigenvalue weighted by Crippen LogP contribution is -2.02. The van der Waals surface area contributed by atoms with E-state index in [0.29, 0.717) is 21.4 Å². The van der Waals surface area contributed by atoms with Crippen molar-refractivity contribution in [3.8, 4) is 5.75 Å². The first kappa shape index (κ1) is 13.2. The molecule has 18 heavy (non-hydrogen) atoms. The van der Waals surface area contributed by atoms with Crippen LogP contribution in [0, 0.1) is 0 Å². The lowest BCUT2D eigenvalue weighted by atomic mass is 10.2. The van der Waals surface area contributed by atoms with Crippen LogP contribution < -0.4 is 4.74 Å². The third-order valence-corrected chi connectivity index (χ3v) is 3.77. The second-order valence-electron chi connectivity index (χ2n) is 3.42. The van der Waals surface area contributed by atoms with Crippen LogP contribution in [0.4, 0.5) is 0 Å². The summed E-state index contributed by atoms with van der Waals surface area (Å²) in [5.41, 5.74) is 0.600. The van der Waals surface area contributed by atoms with Gasteiger partial charge in [0.1, 0.15) is 11.5 Å². The smallest absolute Gasteiger partial charge is 0.346 e. The van der Waals surface area contributed by atoms with Gasteiger partial charge >= 0.3 is 5.97 Å². The van der Waals surface area contributed by atoms with E-state index >= 15 is 0 Å². The quantitative estimate of drug-likeness (QED) is 0.914. The lowest BCUT2D eigenvalue weighted by molar-refractivity contribution is 0.0699. The first-order valence-electron chi connectivity index (χ1n) is 4.96. The Morgan fingerprint density at radius 3 is 2.56 bits per heavy atom. The summed E-state index contributed by atoms with van der Waals surface area (Å²) < 4.78 is 5.48. The van der Waals surface area contributed by atoms with Crippen LogP contribution in [0.3, 0.4) is 0 Å². The Labute approximate surface area is 118 Å². The molecule has 0 unspecified atom stereocenters. The molecule has 0 radical (unpaired) electrons. The number of ether oxygens (including phenoxy) is 1. The zero-order chi connectivity index (χ0) is 13.1. The Morgan fingerprint density at radius 2 is 1.94 bits per heavy atom. The molecule has 1 heterocycles. The summed E-state index contributed by atoms with van der Waals surface area (Å²) in [5.74, 6) is -0.600. The van der Waals surface area contributed by atoms with Crippen LogP contribution in [-0.2, 0) is 6.61 Å². The molecule has 2 rings (SSSR count). The average Bonchev–Trinajstić information content (AvgIpc) is 2.76. The molecule has 2 aromatic rings. The van der Waals surface area contributed by atoms with Gasteiger partial charge in [0.05, 0.1) is 10.0 Å². The Balaban J connectivity index is 2.17. The van der Waals surface area contributed by atoms with Crippen LogP contribution in [0.5, 0.6) is 5.75 Å². The number of hydrogen-bond acceptors (Lipinski definition) is 3. The van der Waals surface area contributed by atoms with Crippen molar-refractivity contribution < 1.29 is 14.6 Å². The SMILES string of the molecule is O=C(O)c1sccc1COc1c(Cl)cccc1Cl. The summed E-state index contributed by atoms with van der Waals surface area (Å²) in [6, 6.07) is 6.74. The van der Waals surface area contributed by atoms with E-state index in [1.165, 1.54) is 0 Å². The lowest BCUT2D eigenvalue weighted by Gasteiger charge is -2.09. The van der Waals surface area contributed by atoms with Crippen LogP contribution >= 0.6 is 34.5 Å². The first-order chi connectivity index (χ1) is 8.59. The highest BCUT2D eigenvalue weighted by molar-refractivity contribution is 7.12. The van der Waals surface area contributed by atoms with Gasteiger partial charge in [-0.15, -0.1) is 11.3 Å². The number of para-hydroxylation sites is 1. The Bertz CT molecular complexity index is 560. The van der Waals surface area contributed by atoms with Crippen LogP contribution in [0.2, 0.25) is 10.0 Å². The van der Waals surface area contributed by atoms with Gasteiger partial charge in [0, 0.05) is 5.56 Å². The fourth-order valence-electron chi connectivity index (χ4n) is 1.41. The number of carboxylic acids is 1. The summed E-state index contributed by atoms with van der Waals surface area (Å²) in [4.78, 5) is 11.2. The zero-order valence-corrected chi connectivity index (χ0v) is 11.4. The average molecular weight is 303 g/mol. The third kappa shape index (κ3) is 2.77. The largest absolute Gasteiger partial charge is 0.486 e. The second kappa shape index (κ2) is 5.61. The van der Waals surface area contributed by atoms with E-state index in [9.17, 15) is 4.79 Å². The van der Waals surface area contributed by atoms with Crippen molar-refractivity contribution >= 4 is 40.5 Å². The van der Waals surface area contributed by atoms with Crippen molar-refractivity contribution in [3.63, 3.8) is 0 Å². The molecule has 1 aromatic heterocycles. The minimum absolute atomic E-state index is 0.120. The third-order valence-electron chi connectivity index (χ3n) is 2.23. The van der Waals surface area contributed by atoms with E-state index in [1.54, 1.807) is 29.6 Å². The van der Waals surface area contributed by atoms with Crippen LogP contribution in [0.25, 0.3) is 0 Å². The zero-order valence-electron chi connectivity index (χ0n) is 9.02. The molecule has 1 N–H and O–H groups in total. The van der Waals surface area contributed by atoms with Crippen molar-refractivity contribution in [2.24, 2.45) is 0 Å². The number of benzene rings is 1. The second-order valence-corrected chi connectivity index (χ2v) is 5.15. The minimum atomic E-state index is -0.964. The maximum Gasteiger partial charge on any atom is 0.346 e. The molecule has 0 spiro atoms. The normalized spacial score (nSPS) is 10.3. The molecule has 0 saturated carbocycles. The van der Waals surface area contributed by atoms with Gasteiger partial charge in [-0.1, -0.05) is 29.3 Å². The fraction of sp³-hybridized carbons (Fsp3) is 0.0833. The number of carboxylic acid groups (broad SMARTS) is 1. The van der Waals surface area contributed by atoms with Gasteiger partial charge in [-0.3, -0.25) is 0 Å². The molecule has 0 aliphatic heterocycles. The number of halogens is 2. The number of hydrogen-bond donors (Lipinski definition) is 1. The highest BCUT2D eigenvalue weighted by Crippen LogP contribution is 2.33. The van der Waals surface area contributed by atoms with Crippen LogP contribution in [-0.4, -0.2) is 11.1 Å². The molecule has 0 saturated heterocycles. The van der Waals surface area contributed by atoms with E-state index < -0.39 is 5.97 Å². The molecule has 94 valence electrons. The predicted octanol–water partition coefficient (Wildman–Crippen LogP) is 4.33. The maximum absolute atomic E-state index is 10.9. The molecule has 1 aromatic carbocycles. The van der Waals surface area contributed by atoms with E-state index in [0.717, 1.165) is 11.3 Å². The number of thiophene rings is 1. The van der Waals surface area contributed by atoms with Gasteiger partial charge in [0.15, 0.2) is 5.75 Å². The number of aromatic carboxylic acids is 1. The maximum atomic E-state index is 10.9. The summed E-state index contributed by atoms with van der Waals surface area (Å²) in [5, 5.41) is 11.5. The van der Waals surface area contributed by atoms with Gasteiger partial charge in [-0.05, 0) is 23.6 Å². The predicted molar refractivity (Wildman–Crippen MR) is 72.1 cm³/mol. The molecule has 6 heteroatoms.